The number of hydrogen-bond acceptors (Lipinski definition) is 7. The van der Waals surface area contributed by atoms with E-state index in [0.717, 1.165) is 51.6 Å². The molecule has 0 radical (unpaired) electrons. The number of nitriles is 1. The highest BCUT2D eigenvalue weighted by Gasteiger charge is 2.23. The average molecular weight is 537 g/mol. The number of rotatable bonds is 15. The molecule has 2 unspecified atom stereocenters. The van der Waals surface area contributed by atoms with Crippen LogP contribution in [0.25, 0.3) is 0 Å². The second-order valence-corrected chi connectivity index (χ2v) is 10.2. The lowest BCUT2D eigenvalue weighted by atomic mass is 9.95. The Morgan fingerprint density at radius 2 is 1.56 bits per heavy atom. The van der Waals surface area contributed by atoms with Gasteiger partial charge in [0, 0.05) is 24.2 Å². The van der Waals surface area contributed by atoms with Crippen LogP contribution in [-0.4, -0.2) is 33.7 Å². The minimum atomic E-state index is -0.807. The lowest BCUT2D eigenvalue weighted by Gasteiger charge is -2.31. The first-order chi connectivity index (χ1) is 18.7. The van der Waals surface area contributed by atoms with E-state index >= 15 is 0 Å². The van der Waals surface area contributed by atoms with Crippen molar-refractivity contribution in [3.8, 4) is 11.9 Å². The van der Waals surface area contributed by atoms with Crippen LogP contribution < -0.4 is 11.4 Å². The van der Waals surface area contributed by atoms with Gasteiger partial charge >= 0.3 is 0 Å². The molecule has 2 atom stereocenters. The van der Waals surface area contributed by atoms with Gasteiger partial charge in [0.25, 0.3) is 11.5 Å². The van der Waals surface area contributed by atoms with Gasteiger partial charge in [0.05, 0.1) is 5.69 Å². The first kappa shape index (κ1) is 31.5. The van der Waals surface area contributed by atoms with E-state index in [4.69, 9.17) is 5.84 Å². The molecule has 1 aromatic heterocycles. The van der Waals surface area contributed by atoms with Crippen LogP contribution in [0.1, 0.15) is 101 Å². The molecular weight excluding hydrogens is 492 g/mol. The molecule has 0 bridgehead atoms. The Morgan fingerprint density at radius 1 is 1.03 bits per heavy atom. The number of unbranched alkanes of at least 4 members (excludes halogenated alkanes) is 2. The van der Waals surface area contributed by atoms with E-state index in [0.29, 0.717) is 27.8 Å². The van der Waals surface area contributed by atoms with Gasteiger partial charge in [-0.05, 0) is 55.9 Å². The van der Waals surface area contributed by atoms with Crippen molar-refractivity contribution in [3.63, 3.8) is 0 Å². The monoisotopic (exact) mass is 536 g/mol. The summed E-state index contributed by atoms with van der Waals surface area (Å²) in [6.07, 6.45) is 8.97. The maximum absolute atomic E-state index is 13.7. The maximum atomic E-state index is 13.7. The van der Waals surface area contributed by atoms with Crippen LogP contribution in [0.5, 0.6) is 5.88 Å². The predicted octanol–water partition coefficient (Wildman–Crippen LogP) is 6.74. The molecule has 0 aliphatic rings. The second kappa shape index (κ2) is 15.7. The summed E-state index contributed by atoms with van der Waals surface area (Å²) in [5.74, 6) is 5.98. The van der Waals surface area contributed by atoms with Crippen molar-refractivity contribution in [2.45, 2.75) is 86.0 Å². The Bertz CT molecular complexity index is 1200. The topological polar surface area (TPSA) is 137 Å². The highest BCUT2D eigenvalue weighted by Crippen LogP contribution is 2.31. The van der Waals surface area contributed by atoms with E-state index in [1.807, 2.05) is 4.90 Å². The third kappa shape index (κ3) is 8.41. The Morgan fingerprint density at radius 3 is 2.03 bits per heavy atom. The summed E-state index contributed by atoms with van der Waals surface area (Å²) in [4.78, 5) is 27.8. The molecule has 0 fully saturated rings. The molecule has 1 heterocycles. The third-order valence-corrected chi connectivity index (χ3v) is 7.43. The normalized spacial score (nSPS) is 12.8. The molecule has 3 N–H and O–H groups in total. The SMILES string of the molecule is CCCCC(CC)CN(CC(CC)CCCC)C(=O)c1ccc(/N=N/c2c(C)c(C#N)c(=O)n(N)c2O)cc1. The number of aromatic hydroxyl groups is 1. The van der Waals surface area contributed by atoms with E-state index in [-0.39, 0.29) is 22.7 Å². The molecule has 1 amide bonds. The molecule has 0 saturated carbocycles. The molecule has 0 spiro atoms. The third-order valence-electron chi connectivity index (χ3n) is 7.43. The highest BCUT2D eigenvalue weighted by atomic mass is 16.3. The average Bonchev–Trinajstić information content (AvgIpc) is 2.95. The Balaban J connectivity index is 2.30. The van der Waals surface area contributed by atoms with Crippen molar-refractivity contribution in [1.82, 2.24) is 9.58 Å². The van der Waals surface area contributed by atoms with Crippen LogP contribution >= 0.6 is 0 Å². The van der Waals surface area contributed by atoms with Crippen molar-refractivity contribution < 1.29 is 9.90 Å². The van der Waals surface area contributed by atoms with Crippen LogP contribution in [0.15, 0.2) is 39.3 Å². The number of amides is 1. The number of pyridine rings is 1. The lowest BCUT2D eigenvalue weighted by Crippen LogP contribution is -2.39. The van der Waals surface area contributed by atoms with Gasteiger partial charge in [-0.15, -0.1) is 5.11 Å². The summed E-state index contributed by atoms with van der Waals surface area (Å²) >= 11 is 0. The van der Waals surface area contributed by atoms with Gasteiger partial charge in [0.1, 0.15) is 11.6 Å². The molecule has 2 aromatic rings. The summed E-state index contributed by atoms with van der Waals surface area (Å²) in [5.41, 5.74) is 0.156. The summed E-state index contributed by atoms with van der Waals surface area (Å²) in [6, 6.07) is 8.64. The van der Waals surface area contributed by atoms with Crippen molar-refractivity contribution in [2.24, 2.45) is 22.1 Å². The summed E-state index contributed by atoms with van der Waals surface area (Å²) in [7, 11) is 0. The van der Waals surface area contributed by atoms with Crippen LogP contribution in [0.2, 0.25) is 0 Å². The number of aromatic nitrogens is 1. The Kier molecular flexibility index (Phi) is 12.7. The lowest BCUT2D eigenvalue weighted by molar-refractivity contribution is 0.0685. The molecule has 0 saturated heterocycles. The predicted molar refractivity (Wildman–Crippen MR) is 155 cm³/mol. The van der Waals surface area contributed by atoms with Crippen LogP contribution in [0, 0.1) is 30.1 Å². The molecule has 0 aliphatic carbocycles. The molecule has 0 aliphatic heterocycles. The van der Waals surface area contributed by atoms with Crippen molar-refractivity contribution >= 4 is 17.3 Å². The van der Waals surface area contributed by atoms with Crippen molar-refractivity contribution in [2.75, 3.05) is 18.9 Å². The van der Waals surface area contributed by atoms with Crippen molar-refractivity contribution in [3.05, 3.63) is 51.3 Å². The zero-order valence-electron chi connectivity index (χ0n) is 24.1. The summed E-state index contributed by atoms with van der Waals surface area (Å²) in [6.45, 7) is 11.8. The van der Waals surface area contributed by atoms with Crippen LogP contribution in [0.4, 0.5) is 11.4 Å². The van der Waals surface area contributed by atoms with Gasteiger partial charge in [-0.2, -0.15) is 15.1 Å². The smallest absolute Gasteiger partial charge is 0.290 e. The minimum absolute atomic E-state index is 0.0192. The van der Waals surface area contributed by atoms with Crippen LogP contribution in [0.3, 0.4) is 0 Å². The fraction of sp³-hybridized carbons (Fsp3) is 0.567. The molecule has 9 heteroatoms. The molecule has 212 valence electrons. The number of nitrogens with zero attached hydrogens (tertiary/aromatic N) is 5. The van der Waals surface area contributed by atoms with Gasteiger partial charge in [0.15, 0.2) is 5.69 Å². The first-order valence-electron chi connectivity index (χ1n) is 14.2. The number of benzene rings is 1. The van der Waals surface area contributed by atoms with E-state index in [2.05, 4.69) is 37.9 Å². The van der Waals surface area contributed by atoms with Gasteiger partial charge in [-0.3, -0.25) is 9.59 Å². The number of azo groups is 1. The number of nitrogens with two attached hydrogens (primary N) is 1. The minimum Gasteiger partial charge on any atom is -0.492 e. The fourth-order valence-electron chi connectivity index (χ4n) is 4.69. The fourth-order valence-corrected chi connectivity index (χ4v) is 4.69. The van der Waals surface area contributed by atoms with Gasteiger partial charge in [-0.1, -0.05) is 66.2 Å². The first-order valence-corrected chi connectivity index (χ1v) is 14.2. The van der Waals surface area contributed by atoms with Gasteiger partial charge in [0.2, 0.25) is 5.88 Å². The van der Waals surface area contributed by atoms with E-state index in [1.165, 1.54) is 19.8 Å². The zero-order chi connectivity index (χ0) is 28.9. The number of hydrogen-bond donors (Lipinski definition) is 2. The van der Waals surface area contributed by atoms with E-state index < -0.39 is 11.4 Å². The summed E-state index contributed by atoms with van der Waals surface area (Å²) < 4.78 is 0.477. The number of nitrogen functional groups attached to an aromatic ring is 1. The van der Waals surface area contributed by atoms with Crippen molar-refractivity contribution in [1.29, 1.82) is 5.26 Å². The molecular formula is C30H44N6O3. The number of carbonyl (C=O) groups excluding carboxylic acids is 1. The maximum Gasteiger partial charge on any atom is 0.290 e. The van der Waals surface area contributed by atoms with Gasteiger partial charge in [-0.25, -0.2) is 0 Å². The summed E-state index contributed by atoms with van der Waals surface area (Å²) in [5, 5.41) is 27.7. The molecule has 9 nitrogen and oxygen atoms in total. The molecule has 1 aromatic carbocycles. The Hall–Kier alpha value is -3.67. The zero-order valence-corrected chi connectivity index (χ0v) is 24.1. The second-order valence-electron chi connectivity index (χ2n) is 10.2. The van der Waals surface area contributed by atoms with Gasteiger partial charge < -0.3 is 15.8 Å². The van der Waals surface area contributed by atoms with Crippen LogP contribution in [-0.2, 0) is 0 Å². The largest absolute Gasteiger partial charge is 0.492 e. The van der Waals surface area contributed by atoms with E-state index in [9.17, 15) is 20.0 Å². The van der Waals surface area contributed by atoms with E-state index in [1.54, 1.807) is 30.3 Å². The standard InChI is InChI=1S/C30H44N6O3/c1-6-10-12-22(8-3)19-35(20-23(9-4)13-11-7-2)28(37)24-14-16-25(17-15-24)33-34-27-21(5)26(18-31)29(38)36(32)30(27)39/h14-17,22-23,39H,6-13,19-20,32H2,1-5H3/b34-33+. The quantitative estimate of drug-likeness (QED) is 0.192. The Labute approximate surface area is 232 Å². The molecule has 39 heavy (non-hydrogen) atoms. The number of carbonyl (C=O) groups is 1. The highest BCUT2D eigenvalue weighted by molar-refractivity contribution is 5.94. The molecule has 2 rings (SSSR count).